The van der Waals surface area contributed by atoms with E-state index in [0.717, 1.165) is 72.8 Å². The molecule has 6 rings (SSSR count). The lowest BCUT2D eigenvalue weighted by Gasteiger charge is -2.35. The first-order valence-electron chi connectivity index (χ1n) is 15.9. The van der Waals surface area contributed by atoms with Crippen molar-refractivity contribution in [3.63, 3.8) is 0 Å². The van der Waals surface area contributed by atoms with Gasteiger partial charge in [0.1, 0.15) is 29.6 Å². The van der Waals surface area contributed by atoms with Crippen molar-refractivity contribution in [2.24, 2.45) is 11.8 Å². The van der Waals surface area contributed by atoms with E-state index in [0.29, 0.717) is 55.8 Å². The molecule has 10 heteroatoms. The first kappa shape index (κ1) is 30.1. The Hall–Kier alpha value is -3.95. The summed E-state index contributed by atoms with van der Waals surface area (Å²) >= 11 is 0. The van der Waals surface area contributed by atoms with Gasteiger partial charge >= 0.3 is 6.16 Å². The number of aryl methyl sites for hydroxylation is 1. The van der Waals surface area contributed by atoms with Crippen molar-refractivity contribution in [2.45, 2.75) is 89.1 Å². The van der Waals surface area contributed by atoms with Crippen LogP contribution in [0.3, 0.4) is 0 Å². The molecule has 0 N–H and O–H groups in total. The van der Waals surface area contributed by atoms with Gasteiger partial charge in [0.2, 0.25) is 5.91 Å². The van der Waals surface area contributed by atoms with E-state index in [1.54, 1.807) is 19.6 Å². The number of hydrogen-bond acceptors (Lipinski definition) is 9. The predicted molar refractivity (Wildman–Crippen MR) is 164 cm³/mol. The fourth-order valence-electron chi connectivity index (χ4n) is 6.70. The maximum atomic E-state index is 14.2. The van der Waals surface area contributed by atoms with Gasteiger partial charge < -0.3 is 18.6 Å². The molecule has 0 spiro atoms. The van der Waals surface area contributed by atoms with Gasteiger partial charge in [0.25, 0.3) is 0 Å². The maximum Gasteiger partial charge on any atom is 0.508 e. The van der Waals surface area contributed by atoms with Crippen molar-refractivity contribution in [2.75, 3.05) is 25.7 Å². The zero-order valence-corrected chi connectivity index (χ0v) is 25.9. The van der Waals surface area contributed by atoms with Crippen LogP contribution in [0.4, 0.5) is 10.6 Å². The van der Waals surface area contributed by atoms with Crippen LogP contribution in [0.5, 0.6) is 5.75 Å². The lowest BCUT2D eigenvalue weighted by Crippen LogP contribution is -2.42. The fraction of sp³-hybridized carbons (Fsp3) is 0.559. The Morgan fingerprint density at radius 2 is 1.68 bits per heavy atom. The smallest absolute Gasteiger partial charge is 0.495 e. The van der Waals surface area contributed by atoms with Crippen molar-refractivity contribution < 1.29 is 28.2 Å². The molecule has 3 aliphatic rings. The van der Waals surface area contributed by atoms with Gasteiger partial charge in [-0.15, -0.1) is 0 Å². The molecule has 3 saturated carbocycles. The number of hydrogen-bond donors (Lipinski definition) is 0. The average Bonchev–Trinajstić information content (AvgIpc) is 3.79. The lowest BCUT2D eigenvalue weighted by molar-refractivity contribution is -0.124. The molecular weight excluding hydrogens is 560 g/mol. The molecule has 0 unspecified atom stereocenters. The van der Waals surface area contributed by atoms with E-state index in [1.807, 2.05) is 30.0 Å². The van der Waals surface area contributed by atoms with Crippen molar-refractivity contribution in [3.05, 3.63) is 54.0 Å². The Kier molecular flexibility index (Phi) is 9.14. The van der Waals surface area contributed by atoms with Crippen LogP contribution in [0, 0.1) is 18.8 Å². The third-order valence-corrected chi connectivity index (χ3v) is 9.47. The zero-order chi connectivity index (χ0) is 30.6. The monoisotopic (exact) mass is 602 g/mol. The van der Waals surface area contributed by atoms with Crippen LogP contribution in [0.2, 0.25) is 0 Å². The third kappa shape index (κ3) is 6.89. The molecule has 0 radical (unpaired) electrons. The molecule has 3 aliphatic carbocycles. The Morgan fingerprint density at radius 1 is 0.932 bits per heavy atom. The molecular formula is C34H42N4O6. The van der Waals surface area contributed by atoms with Gasteiger partial charge in [0.05, 0.1) is 19.9 Å². The van der Waals surface area contributed by atoms with Crippen LogP contribution >= 0.6 is 0 Å². The van der Waals surface area contributed by atoms with Gasteiger partial charge in [-0.2, -0.15) is 0 Å². The van der Waals surface area contributed by atoms with Crippen molar-refractivity contribution in [1.29, 1.82) is 0 Å². The molecule has 234 valence electrons. The minimum atomic E-state index is -0.671. The van der Waals surface area contributed by atoms with E-state index in [2.05, 4.69) is 10.8 Å². The Labute approximate surface area is 258 Å². The molecule has 3 heterocycles. The summed E-state index contributed by atoms with van der Waals surface area (Å²) in [5.74, 6) is 3.35. The predicted octanol–water partition coefficient (Wildman–Crippen LogP) is 6.97. The lowest BCUT2D eigenvalue weighted by atomic mass is 9.79. The largest absolute Gasteiger partial charge is 0.508 e. The quantitative estimate of drug-likeness (QED) is 0.239. The molecule has 3 aromatic rings. The molecule has 3 aromatic heterocycles. The number of amides is 1. The van der Waals surface area contributed by atoms with Crippen LogP contribution in [0.15, 0.2) is 41.1 Å². The summed E-state index contributed by atoms with van der Waals surface area (Å²) < 4.78 is 21.2. The third-order valence-electron chi connectivity index (χ3n) is 9.47. The minimum Gasteiger partial charge on any atom is -0.495 e. The highest BCUT2D eigenvalue weighted by Gasteiger charge is 2.35. The standard InChI is InChI=1S/C34H42N4O6/c1-21-30(41-2)15-14-28(36-21)23-6-4-22(5-7-23)19-38(33(39)25-10-12-27(13-11-25)44-34(40)42-3)31-18-26(16-17-35-31)29-20-43-32(37-29)24-8-9-24/h14-18,20,22-25,27H,4-13,19H2,1-3H3. The Balaban J connectivity index is 1.17. The average molecular weight is 603 g/mol. The molecule has 0 aromatic carbocycles. The SMILES string of the molecule is COC(=O)OC1CCC(C(=O)N(CC2CCC(c3ccc(OC)c(C)n3)CC2)c2cc(-c3coc(C4CC4)n3)ccn2)CC1. The summed E-state index contributed by atoms with van der Waals surface area (Å²) in [6, 6.07) is 7.98. The number of carbonyl (C=O) groups is 2. The highest BCUT2D eigenvalue weighted by molar-refractivity contribution is 5.94. The summed E-state index contributed by atoms with van der Waals surface area (Å²) in [5, 5.41) is 0. The number of ether oxygens (including phenoxy) is 3. The maximum absolute atomic E-state index is 14.2. The number of pyridine rings is 2. The zero-order valence-electron chi connectivity index (χ0n) is 25.9. The number of anilines is 1. The number of oxazole rings is 1. The Bertz CT molecular complexity index is 1450. The van der Waals surface area contributed by atoms with Crippen LogP contribution in [0.25, 0.3) is 11.3 Å². The van der Waals surface area contributed by atoms with E-state index >= 15 is 0 Å². The second-order valence-corrected chi connectivity index (χ2v) is 12.5. The molecule has 0 aliphatic heterocycles. The van der Waals surface area contributed by atoms with Gasteiger partial charge in [-0.25, -0.2) is 14.8 Å². The fourth-order valence-corrected chi connectivity index (χ4v) is 6.70. The first-order chi connectivity index (χ1) is 21.4. The number of rotatable bonds is 9. The van der Waals surface area contributed by atoms with E-state index in [9.17, 15) is 9.59 Å². The highest BCUT2D eigenvalue weighted by atomic mass is 16.7. The molecule has 1 amide bonds. The van der Waals surface area contributed by atoms with Gasteiger partial charge in [-0.3, -0.25) is 14.7 Å². The number of aromatic nitrogens is 3. The minimum absolute atomic E-state index is 0.0829. The van der Waals surface area contributed by atoms with Crippen molar-refractivity contribution in [1.82, 2.24) is 15.0 Å². The van der Waals surface area contributed by atoms with Crippen LogP contribution in [-0.4, -0.2) is 53.9 Å². The van der Waals surface area contributed by atoms with Gasteiger partial charge in [-0.05, 0) is 101 Å². The summed E-state index contributed by atoms with van der Waals surface area (Å²) in [6.07, 6.45) is 11.4. The van der Waals surface area contributed by atoms with E-state index in [1.165, 1.54) is 7.11 Å². The van der Waals surface area contributed by atoms with Crippen LogP contribution < -0.4 is 9.64 Å². The highest BCUT2D eigenvalue weighted by Crippen LogP contribution is 2.41. The molecule has 0 saturated heterocycles. The number of methoxy groups -OCH3 is 2. The van der Waals surface area contributed by atoms with E-state index in [4.69, 9.17) is 28.8 Å². The van der Waals surface area contributed by atoms with E-state index < -0.39 is 6.16 Å². The molecule has 0 atom stereocenters. The molecule has 3 fully saturated rings. The summed E-state index contributed by atoms with van der Waals surface area (Å²) in [4.78, 5) is 41.9. The number of nitrogens with zero attached hydrogens (tertiary/aromatic N) is 4. The normalized spacial score (nSPS) is 23.5. The second kappa shape index (κ2) is 13.4. The van der Waals surface area contributed by atoms with Gasteiger partial charge in [0.15, 0.2) is 5.89 Å². The number of carbonyl (C=O) groups excluding carboxylic acids is 2. The van der Waals surface area contributed by atoms with Crippen molar-refractivity contribution in [3.8, 4) is 17.0 Å². The molecule has 0 bridgehead atoms. The van der Waals surface area contributed by atoms with Crippen molar-refractivity contribution >= 4 is 17.9 Å². The summed E-state index contributed by atoms with van der Waals surface area (Å²) in [6.45, 7) is 2.60. The molecule has 10 nitrogen and oxygen atoms in total. The van der Waals surface area contributed by atoms with E-state index in [-0.39, 0.29) is 17.9 Å². The molecule has 44 heavy (non-hydrogen) atoms. The summed E-state index contributed by atoms with van der Waals surface area (Å²) in [7, 11) is 2.98. The van der Waals surface area contributed by atoms with Gasteiger partial charge in [-0.1, -0.05) is 0 Å². The second-order valence-electron chi connectivity index (χ2n) is 12.5. The topological polar surface area (TPSA) is 117 Å². The van der Waals surface area contributed by atoms with Crippen LogP contribution in [-0.2, 0) is 14.3 Å². The van der Waals surface area contributed by atoms with Gasteiger partial charge in [0, 0.05) is 41.8 Å². The first-order valence-corrected chi connectivity index (χ1v) is 15.9. The van der Waals surface area contributed by atoms with Crippen LogP contribution in [0.1, 0.15) is 93.3 Å². The Morgan fingerprint density at radius 3 is 2.36 bits per heavy atom. The summed E-state index contributed by atoms with van der Waals surface area (Å²) in [5.41, 5.74) is 3.69.